The lowest BCUT2D eigenvalue weighted by molar-refractivity contribution is -0.115. The maximum atomic E-state index is 12.2. The van der Waals surface area contributed by atoms with Crippen molar-refractivity contribution in [3.63, 3.8) is 0 Å². The SMILES string of the molecule is CNS(=O)(=O)c1ccc(NC(=O)CCS(=O)(=O)c2ccc(Cl)cc2)cc1. The number of nitrogens with one attached hydrogen (secondary N) is 2. The Balaban J connectivity index is 1.97. The molecule has 0 saturated heterocycles. The number of sulfonamides is 1. The Hall–Kier alpha value is -1.94. The Labute approximate surface area is 157 Å². The molecule has 0 heterocycles. The van der Waals surface area contributed by atoms with Crippen LogP contribution in [0.15, 0.2) is 58.3 Å². The van der Waals surface area contributed by atoms with Crippen molar-refractivity contribution in [2.75, 3.05) is 18.1 Å². The molecule has 0 aromatic heterocycles. The second-order valence-electron chi connectivity index (χ2n) is 5.30. The first-order chi connectivity index (χ1) is 12.1. The zero-order valence-corrected chi connectivity index (χ0v) is 16.2. The number of carbonyl (C=O) groups excluding carboxylic acids is 1. The Morgan fingerprint density at radius 2 is 1.46 bits per heavy atom. The van der Waals surface area contributed by atoms with Gasteiger partial charge in [0, 0.05) is 17.1 Å². The highest BCUT2D eigenvalue weighted by Crippen LogP contribution is 2.17. The van der Waals surface area contributed by atoms with Crippen LogP contribution in [0.5, 0.6) is 0 Å². The predicted octanol–water partition coefficient (Wildman–Crippen LogP) is 2.05. The Bertz CT molecular complexity index is 986. The number of amides is 1. The van der Waals surface area contributed by atoms with Gasteiger partial charge in [-0.3, -0.25) is 4.79 Å². The molecule has 0 aliphatic heterocycles. The minimum atomic E-state index is -3.60. The number of rotatable bonds is 7. The average Bonchev–Trinajstić information content (AvgIpc) is 2.61. The van der Waals surface area contributed by atoms with E-state index in [1.54, 1.807) is 0 Å². The average molecular weight is 417 g/mol. The third-order valence-electron chi connectivity index (χ3n) is 3.49. The Morgan fingerprint density at radius 1 is 0.923 bits per heavy atom. The van der Waals surface area contributed by atoms with Crippen LogP contribution in [0, 0.1) is 0 Å². The molecule has 0 fully saturated rings. The molecule has 2 rings (SSSR count). The van der Waals surface area contributed by atoms with Crippen molar-refractivity contribution in [3.05, 3.63) is 53.6 Å². The topological polar surface area (TPSA) is 109 Å². The first-order valence-corrected chi connectivity index (χ1v) is 11.0. The minimum absolute atomic E-state index is 0.0586. The third kappa shape index (κ3) is 5.28. The van der Waals surface area contributed by atoms with Crippen LogP contribution >= 0.6 is 11.6 Å². The summed E-state index contributed by atoms with van der Waals surface area (Å²) < 4.78 is 49.8. The number of sulfone groups is 1. The maximum Gasteiger partial charge on any atom is 0.240 e. The monoisotopic (exact) mass is 416 g/mol. The van der Waals surface area contributed by atoms with Crippen LogP contribution in [0.25, 0.3) is 0 Å². The lowest BCUT2D eigenvalue weighted by Crippen LogP contribution is -2.19. The molecular weight excluding hydrogens is 400 g/mol. The van der Waals surface area contributed by atoms with Crippen molar-refractivity contribution in [2.24, 2.45) is 0 Å². The van der Waals surface area contributed by atoms with E-state index in [1.807, 2.05) is 0 Å². The number of halogens is 1. The zero-order valence-electron chi connectivity index (χ0n) is 13.8. The molecule has 7 nitrogen and oxygen atoms in total. The fourth-order valence-corrected chi connectivity index (χ4v) is 4.14. The van der Waals surface area contributed by atoms with Gasteiger partial charge in [-0.1, -0.05) is 11.6 Å². The molecule has 140 valence electrons. The van der Waals surface area contributed by atoms with Crippen LogP contribution in [0.3, 0.4) is 0 Å². The Kier molecular flexibility index (Phi) is 6.40. The lowest BCUT2D eigenvalue weighted by Gasteiger charge is -2.08. The van der Waals surface area contributed by atoms with E-state index in [4.69, 9.17) is 11.6 Å². The minimum Gasteiger partial charge on any atom is -0.326 e. The molecule has 0 unspecified atom stereocenters. The van der Waals surface area contributed by atoms with Gasteiger partial charge >= 0.3 is 0 Å². The molecule has 0 radical (unpaired) electrons. The van der Waals surface area contributed by atoms with Gasteiger partial charge in [-0.15, -0.1) is 0 Å². The molecule has 1 amide bonds. The molecule has 0 saturated carbocycles. The molecule has 10 heteroatoms. The number of anilines is 1. The normalized spacial score (nSPS) is 11.9. The van der Waals surface area contributed by atoms with E-state index in [9.17, 15) is 21.6 Å². The molecule has 0 aliphatic carbocycles. The lowest BCUT2D eigenvalue weighted by atomic mass is 10.3. The van der Waals surface area contributed by atoms with Crippen molar-refractivity contribution in [1.29, 1.82) is 0 Å². The van der Waals surface area contributed by atoms with Crippen molar-refractivity contribution in [1.82, 2.24) is 4.72 Å². The van der Waals surface area contributed by atoms with Gasteiger partial charge in [0.25, 0.3) is 0 Å². The van der Waals surface area contributed by atoms with Crippen molar-refractivity contribution >= 4 is 43.1 Å². The van der Waals surface area contributed by atoms with Gasteiger partial charge in [0.1, 0.15) is 0 Å². The fraction of sp³-hybridized carbons (Fsp3) is 0.188. The molecule has 2 aromatic carbocycles. The molecule has 26 heavy (non-hydrogen) atoms. The van der Waals surface area contributed by atoms with Gasteiger partial charge in [0.2, 0.25) is 15.9 Å². The number of hydrogen-bond donors (Lipinski definition) is 2. The van der Waals surface area contributed by atoms with Crippen LogP contribution < -0.4 is 10.0 Å². The highest BCUT2D eigenvalue weighted by atomic mass is 35.5. The summed E-state index contributed by atoms with van der Waals surface area (Å²) in [6.07, 6.45) is -0.235. The Morgan fingerprint density at radius 3 is 2.00 bits per heavy atom. The number of carbonyl (C=O) groups is 1. The summed E-state index contributed by atoms with van der Waals surface area (Å²) in [4.78, 5) is 12.1. The largest absolute Gasteiger partial charge is 0.326 e. The van der Waals surface area contributed by atoms with E-state index < -0.39 is 25.8 Å². The number of benzene rings is 2. The highest BCUT2D eigenvalue weighted by molar-refractivity contribution is 7.91. The van der Waals surface area contributed by atoms with Crippen LogP contribution in [0.1, 0.15) is 6.42 Å². The highest BCUT2D eigenvalue weighted by Gasteiger charge is 2.17. The van der Waals surface area contributed by atoms with Gasteiger partial charge in [-0.2, -0.15) is 0 Å². The smallest absolute Gasteiger partial charge is 0.240 e. The molecule has 0 spiro atoms. The van der Waals surface area contributed by atoms with Crippen LogP contribution in [-0.2, 0) is 24.7 Å². The van der Waals surface area contributed by atoms with Crippen molar-refractivity contribution < 1.29 is 21.6 Å². The summed E-state index contributed by atoms with van der Waals surface area (Å²) in [6, 6.07) is 11.2. The summed E-state index contributed by atoms with van der Waals surface area (Å²) in [7, 11) is -5.86. The number of hydrogen-bond acceptors (Lipinski definition) is 5. The molecule has 0 aliphatic rings. The molecule has 0 bridgehead atoms. The van der Waals surface area contributed by atoms with Crippen molar-refractivity contribution in [2.45, 2.75) is 16.2 Å². The summed E-state index contributed by atoms with van der Waals surface area (Å²) in [5, 5.41) is 2.95. The van der Waals surface area contributed by atoms with E-state index >= 15 is 0 Å². The molecule has 2 aromatic rings. The molecule has 2 N–H and O–H groups in total. The van der Waals surface area contributed by atoms with E-state index in [0.29, 0.717) is 10.7 Å². The second-order valence-corrected chi connectivity index (χ2v) is 9.74. The predicted molar refractivity (Wildman–Crippen MR) is 99.4 cm³/mol. The van der Waals surface area contributed by atoms with E-state index in [0.717, 1.165) is 0 Å². The summed E-state index contributed by atoms with van der Waals surface area (Å²) in [6.45, 7) is 0. The van der Waals surface area contributed by atoms with Gasteiger partial charge in [-0.25, -0.2) is 21.6 Å². The summed E-state index contributed by atoms with van der Waals surface area (Å²) in [5.41, 5.74) is 0.369. The first-order valence-electron chi connectivity index (χ1n) is 7.46. The van der Waals surface area contributed by atoms with Gasteiger partial charge in [0.15, 0.2) is 9.84 Å². The van der Waals surface area contributed by atoms with Gasteiger partial charge < -0.3 is 5.32 Å². The van der Waals surface area contributed by atoms with Crippen LogP contribution in [0.4, 0.5) is 5.69 Å². The van der Waals surface area contributed by atoms with Crippen LogP contribution in [0.2, 0.25) is 5.02 Å². The fourth-order valence-electron chi connectivity index (χ4n) is 2.05. The standard InChI is InChI=1S/C16H17ClN2O5S2/c1-18-26(23,24)15-8-4-13(5-9-15)19-16(20)10-11-25(21,22)14-6-2-12(17)3-7-14/h2-9,18H,10-11H2,1H3,(H,19,20). The summed E-state index contributed by atoms with van der Waals surface area (Å²) in [5.74, 6) is -0.848. The maximum absolute atomic E-state index is 12.2. The van der Waals surface area contributed by atoms with E-state index in [1.165, 1.54) is 55.6 Å². The molecule has 0 atom stereocenters. The zero-order chi connectivity index (χ0) is 19.4. The molecular formula is C16H17ClN2O5S2. The third-order valence-corrected chi connectivity index (χ3v) is 6.90. The van der Waals surface area contributed by atoms with Gasteiger partial charge in [-0.05, 0) is 55.6 Å². The van der Waals surface area contributed by atoms with Crippen LogP contribution in [-0.4, -0.2) is 35.5 Å². The first kappa shape index (κ1) is 20.4. The van der Waals surface area contributed by atoms with Gasteiger partial charge in [0.05, 0.1) is 15.5 Å². The second kappa shape index (κ2) is 8.17. The van der Waals surface area contributed by atoms with E-state index in [-0.39, 0.29) is 22.0 Å². The quantitative estimate of drug-likeness (QED) is 0.717. The summed E-state index contributed by atoms with van der Waals surface area (Å²) >= 11 is 5.73. The van der Waals surface area contributed by atoms with E-state index in [2.05, 4.69) is 10.0 Å². The van der Waals surface area contributed by atoms with Crippen molar-refractivity contribution in [3.8, 4) is 0 Å².